The predicted molar refractivity (Wildman–Crippen MR) is 62.3 cm³/mol. The molecular formula is C10H12N4O4. The van der Waals surface area contributed by atoms with Crippen molar-refractivity contribution < 1.29 is 19.2 Å². The molecule has 0 aliphatic carbocycles. The van der Waals surface area contributed by atoms with Gasteiger partial charge in [0.25, 0.3) is 5.91 Å². The Morgan fingerprint density at radius 1 is 1.11 bits per heavy atom. The fraction of sp³-hybridized carbons (Fsp3) is 0.100. The Hall–Kier alpha value is -2.61. The first kappa shape index (κ1) is 13.5. The smallest absolute Gasteiger partial charge is 0.316 e. The van der Waals surface area contributed by atoms with Crippen LogP contribution in [0.2, 0.25) is 0 Å². The van der Waals surface area contributed by atoms with Gasteiger partial charge in [-0.3, -0.25) is 14.4 Å². The largest absolute Gasteiger partial charge is 0.368 e. The van der Waals surface area contributed by atoms with Crippen LogP contribution in [-0.2, 0) is 9.63 Å². The monoisotopic (exact) mass is 252 g/mol. The lowest BCUT2D eigenvalue weighted by atomic mass is 10.2. The summed E-state index contributed by atoms with van der Waals surface area (Å²) >= 11 is 0. The van der Waals surface area contributed by atoms with Gasteiger partial charge in [0.05, 0.1) is 0 Å². The minimum atomic E-state index is -0.698. The quantitative estimate of drug-likeness (QED) is 0.516. The van der Waals surface area contributed by atoms with Crippen LogP contribution in [0.4, 0.5) is 10.5 Å². The second kappa shape index (κ2) is 6.21. The SMILES string of the molecule is NC(=O)CONC(=O)c1ccc(NC(N)=O)cc1. The molecule has 6 N–H and O–H groups in total. The molecule has 18 heavy (non-hydrogen) atoms. The summed E-state index contributed by atoms with van der Waals surface area (Å²) < 4.78 is 0. The molecule has 0 spiro atoms. The van der Waals surface area contributed by atoms with Crippen LogP contribution < -0.4 is 22.3 Å². The average molecular weight is 252 g/mol. The van der Waals surface area contributed by atoms with Gasteiger partial charge in [-0.2, -0.15) is 0 Å². The van der Waals surface area contributed by atoms with E-state index in [1.165, 1.54) is 24.3 Å². The summed E-state index contributed by atoms with van der Waals surface area (Å²) in [5.74, 6) is -1.24. The lowest BCUT2D eigenvalue weighted by Crippen LogP contribution is -2.29. The summed E-state index contributed by atoms with van der Waals surface area (Å²) in [6.45, 7) is -0.410. The summed E-state index contributed by atoms with van der Waals surface area (Å²) in [5, 5.41) is 2.34. The fourth-order valence-corrected chi connectivity index (χ4v) is 1.08. The van der Waals surface area contributed by atoms with Gasteiger partial charge >= 0.3 is 6.03 Å². The van der Waals surface area contributed by atoms with E-state index in [-0.39, 0.29) is 5.56 Å². The number of carbonyl (C=O) groups excluding carboxylic acids is 3. The number of rotatable bonds is 5. The molecule has 0 aliphatic rings. The van der Waals surface area contributed by atoms with Crippen molar-refractivity contribution >= 4 is 23.5 Å². The van der Waals surface area contributed by atoms with Gasteiger partial charge in [-0.15, -0.1) is 0 Å². The molecule has 8 nitrogen and oxygen atoms in total. The molecule has 1 rings (SSSR count). The summed E-state index contributed by atoms with van der Waals surface area (Å²) in [6, 6.07) is 5.20. The molecule has 0 fully saturated rings. The Morgan fingerprint density at radius 3 is 2.22 bits per heavy atom. The number of carbonyl (C=O) groups is 3. The molecule has 96 valence electrons. The van der Waals surface area contributed by atoms with Crippen molar-refractivity contribution in [2.45, 2.75) is 0 Å². The fourth-order valence-electron chi connectivity index (χ4n) is 1.08. The van der Waals surface area contributed by atoms with Crippen LogP contribution >= 0.6 is 0 Å². The minimum absolute atomic E-state index is 0.287. The van der Waals surface area contributed by atoms with E-state index in [9.17, 15) is 14.4 Å². The molecule has 0 bridgehead atoms. The lowest BCUT2D eigenvalue weighted by Gasteiger charge is -2.05. The topological polar surface area (TPSA) is 137 Å². The molecule has 0 aliphatic heterocycles. The second-order valence-electron chi connectivity index (χ2n) is 3.25. The van der Waals surface area contributed by atoms with Crippen molar-refractivity contribution in [1.29, 1.82) is 0 Å². The highest BCUT2D eigenvalue weighted by Crippen LogP contribution is 2.08. The number of anilines is 1. The van der Waals surface area contributed by atoms with E-state index in [2.05, 4.69) is 10.2 Å². The van der Waals surface area contributed by atoms with Gasteiger partial charge in [0.15, 0.2) is 6.61 Å². The third-order valence-corrected chi connectivity index (χ3v) is 1.79. The van der Waals surface area contributed by atoms with Crippen LogP contribution in [-0.4, -0.2) is 24.5 Å². The normalized spacial score (nSPS) is 9.56. The molecule has 0 radical (unpaired) electrons. The van der Waals surface area contributed by atoms with Gasteiger partial charge in [-0.25, -0.2) is 10.3 Å². The number of hydrogen-bond donors (Lipinski definition) is 4. The average Bonchev–Trinajstić information content (AvgIpc) is 2.28. The van der Waals surface area contributed by atoms with Gasteiger partial charge < -0.3 is 16.8 Å². The summed E-state index contributed by atoms with van der Waals surface area (Å²) in [4.78, 5) is 36.9. The van der Waals surface area contributed by atoms with E-state index in [0.717, 1.165) is 0 Å². The van der Waals surface area contributed by atoms with E-state index in [1.807, 2.05) is 5.48 Å². The van der Waals surface area contributed by atoms with E-state index in [0.29, 0.717) is 5.69 Å². The molecule has 4 amide bonds. The third-order valence-electron chi connectivity index (χ3n) is 1.79. The Kier molecular flexibility index (Phi) is 4.64. The maximum atomic E-state index is 11.5. The number of benzene rings is 1. The minimum Gasteiger partial charge on any atom is -0.368 e. The first-order valence-electron chi connectivity index (χ1n) is 4.86. The van der Waals surface area contributed by atoms with Gasteiger partial charge in [0.2, 0.25) is 5.91 Å². The zero-order chi connectivity index (χ0) is 13.5. The number of hydroxylamine groups is 1. The summed E-state index contributed by atoms with van der Waals surface area (Å²) in [5.41, 5.74) is 12.5. The van der Waals surface area contributed by atoms with Crippen LogP contribution in [0.5, 0.6) is 0 Å². The first-order chi connectivity index (χ1) is 8.49. The van der Waals surface area contributed by atoms with Crippen LogP contribution in [0.15, 0.2) is 24.3 Å². The standard InChI is InChI=1S/C10H12N4O4/c11-8(15)5-18-14-9(16)6-1-3-7(4-2-6)13-10(12)17/h1-4H,5H2,(H2,11,15)(H,14,16)(H3,12,13,17). The highest BCUT2D eigenvalue weighted by molar-refractivity contribution is 5.94. The molecular weight excluding hydrogens is 240 g/mol. The van der Waals surface area contributed by atoms with Crippen molar-refractivity contribution in [2.75, 3.05) is 11.9 Å². The highest BCUT2D eigenvalue weighted by atomic mass is 16.7. The molecule has 0 atom stereocenters. The van der Waals surface area contributed by atoms with Crippen molar-refractivity contribution in [3.63, 3.8) is 0 Å². The molecule has 0 saturated carbocycles. The van der Waals surface area contributed by atoms with E-state index in [1.54, 1.807) is 0 Å². The molecule has 1 aromatic carbocycles. The number of nitrogens with one attached hydrogen (secondary N) is 2. The van der Waals surface area contributed by atoms with Crippen molar-refractivity contribution in [3.8, 4) is 0 Å². The Morgan fingerprint density at radius 2 is 1.72 bits per heavy atom. The zero-order valence-electron chi connectivity index (χ0n) is 9.30. The number of primary amides is 2. The highest BCUT2D eigenvalue weighted by Gasteiger charge is 2.06. The van der Waals surface area contributed by atoms with Crippen LogP contribution in [0, 0.1) is 0 Å². The van der Waals surface area contributed by atoms with E-state index < -0.39 is 24.5 Å². The van der Waals surface area contributed by atoms with Crippen molar-refractivity contribution in [1.82, 2.24) is 5.48 Å². The van der Waals surface area contributed by atoms with Gasteiger partial charge in [-0.05, 0) is 24.3 Å². The molecule has 0 unspecified atom stereocenters. The van der Waals surface area contributed by atoms with Gasteiger partial charge in [0.1, 0.15) is 0 Å². The van der Waals surface area contributed by atoms with Crippen molar-refractivity contribution in [2.24, 2.45) is 11.5 Å². The van der Waals surface area contributed by atoms with Crippen LogP contribution in [0.1, 0.15) is 10.4 Å². The number of urea groups is 1. The lowest BCUT2D eigenvalue weighted by molar-refractivity contribution is -0.124. The molecule has 0 saturated heterocycles. The number of hydrogen-bond acceptors (Lipinski definition) is 4. The predicted octanol–water partition coefficient (Wildman–Crippen LogP) is -0.676. The summed E-state index contributed by atoms with van der Waals surface area (Å²) in [6.07, 6.45) is 0. The maximum absolute atomic E-state index is 11.5. The number of nitrogens with two attached hydrogens (primary N) is 2. The molecule has 0 heterocycles. The Balaban J connectivity index is 2.53. The maximum Gasteiger partial charge on any atom is 0.316 e. The second-order valence-corrected chi connectivity index (χ2v) is 3.25. The Bertz CT molecular complexity index is 457. The molecule has 0 aromatic heterocycles. The first-order valence-corrected chi connectivity index (χ1v) is 4.86. The molecule has 1 aromatic rings. The van der Waals surface area contributed by atoms with Crippen LogP contribution in [0.25, 0.3) is 0 Å². The van der Waals surface area contributed by atoms with E-state index in [4.69, 9.17) is 11.5 Å². The van der Waals surface area contributed by atoms with Crippen molar-refractivity contribution in [3.05, 3.63) is 29.8 Å². The Labute approximate surface area is 102 Å². The zero-order valence-corrected chi connectivity index (χ0v) is 9.30. The number of amides is 4. The van der Waals surface area contributed by atoms with E-state index >= 15 is 0 Å². The van der Waals surface area contributed by atoms with Gasteiger partial charge in [0, 0.05) is 11.3 Å². The summed E-state index contributed by atoms with van der Waals surface area (Å²) in [7, 11) is 0. The molecule has 8 heteroatoms. The third kappa shape index (κ3) is 4.49. The van der Waals surface area contributed by atoms with Gasteiger partial charge in [-0.1, -0.05) is 0 Å². The van der Waals surface area contributed by atoms with Crippen LogP contribution in [0.3, 0.4) is 0 Å².